The summed E-state index contributed by atoms with van der Waals surface area (Å²) < 4.78 is 7.25. The molecule has 0 aromatic heterocycles. The molecule has 0 heterocycles. The Kier molecular flexibility index (Phi) is 10.4. The minimum Gasteiger partial charge on any atom is -0.444 e. The number of hydrogen-bond acceptors (Lipinski definition) is 8. The molecule has 9 nitrogen and oxygen atoms in total. The van der Waals surface area contributed by atoms with Crippen molar-refractivity contribution in [3.05, 3.63) is 33.8 Å². The van der Waals surface area contributed by atoms with Gasteiger partial charge in [-0.1, -0.05) is 34.4 Å². The van der Waals surface area contributed by atoms with Crippen LogP contribution in [0.1, 0.15) is 5.56 Å². The number of rotatable bonds is 5. The van der Waals surface area contributed by atoms with Gasteiger partial charge >= 0.3 is 12.2 Å². The first-order valence-corrected chi connectivity index (χ1v) is 10.6. The van der Waals surface area contributed by atoms with Gasteiger partial charge in [0.2, 0.25) is 5.04 Å². The molecule has 0 spiro atoms. The molecule has 1 aromatic rings. The number of halogens is 2. The summed E-state index contributed by atoms with van der Waals surface area (Å²) in [5, 5.41) is 4.31. The molecule has 13 heteroatoms. The standard InChI is InChI=1S/C16H20Cl2N4O5S2/c1-20(2)14(23)13(28-5)19-27-16(25)22(4)29-21(3)15(24)26-9-10-6-7-11(17)12(18)8-10/h6-8H,9H2,1-5H3. The molecule has 0 aliphatic carbocycles. The minimum atomic E-state index is -0.878. The van der Waals surface area contributed by atoms with Gasteiger partial charge in [-0.25, -0.2) is 18.2 Å². The highest BCUT2D eigenvalue weighted by Gasteiger charge is 2.20. The first-order chi connectivity index (χ1) is 13.6. The van der Waals surface area contributed by atoms with Crippen LogP contribution in [0, 0.1) is 0 Å². The molecule has 1 aromatic carbocycles. The molecule has 29 heavy (non-hydrogen) atoms. The largest absolute Gasteiger partial charge is 0.447 e. The van der Waals surface area contributed by atoms with E-state index < -0.39 is 18.1 Å². The Morgan fingerprint density at radius 2 is 1.66 bits per heavy atom. The van der Waals surface area contributed by atoms with Crippen LogP contribution >= 0.6 is 47.1 Å². The van der Waals surface area contributed by atoms with Gasteiger partial charge in [0.1, 0.15) is 6.61 Å². The van der Waals surface area contributed by atoms with E-state index in [1.807, 2.05) is 0 Å². The van der Waals surface area contributed by atoms with E-state index in [1.165, 1.54) is 19.0 Å². The Morgan fingerprint density at radius 3 is 2.21 bits per heavy atom. The molecule has 0 bridgehead atoms. The van der Waals surface area contributed by atoms with Crippen molar-refractivity contribution in [3.8, 4) is 0 Å². The number of hydrogen-bond donors (Lipinski definition) is 0. The average Bonchev–Trinajstić information content (AvgIpc) is 2.68. The zero-order chi connectivity index (χ0) is 22.1. The normalized spacial score (nSPS) is 10.9. The van der Waals surface area contributed by atoms with E-state index in [4.69, 9.17) is 32.8 Å². The lowest BCUT2D eigenvalue weighted by molar-refractivity contribution is -0.121. The predicted molar refractivity (Wildman–Crippen MR) is 116 cm³/mol. The summed E-state index contributed by atoms with van der Waals surface area (Å²) in [4.78, 5) is 41.9. The van der Waals surface area contributed by atoms with Crippen molar-refractivity contribution in [3.63, 3.8) is 0 Å². The number of ether oxygens (including phenoxy) is 1. The average molecular weight is 483 g/mol. The molecule has 1 rings (SSSR count). The third-order valence-corrected chi connectivity index (χ3v) is 5.26. The highest BCUT2D eigenvalue weighted by Crippen LogP contribution is 2.23. The van der Waals surface area contributed by atoms with Crippen molar-refractivity contribution in [2.24, 2.45) is 5.16 Å². The number of oxime groups is 1. The van der Waals surface area contributed by atoms with Crippen LogP contribution in [0.15, 0.2) is 23.4 Å². The van der Waals surface area contributed by atoms with Gasteiger partial charge in [-0.2, -0.15) is 0 Å². The molecule has 0 radical (unpaired) electrons. The Labute approximate surface area is 187 Å². The van der Waals surface area contributed by atoms with Crippen LogP contribution < -0.4 is 0 Å². The third-order valence-electron chi connectivity index (χ3n) is 3.09. The molecule has 0 aliphatic heterocycles. The summed E-state index contributed by atoms with van der Waals surface area (Å²) in [6.07, 6.45) is 0.0542. The Morgan fingerprint density at radius 1 is 1.03 bits per heavy atom. The van der Waals surface area contributed by atoms with Gasteiger partial charge in [0.25, 0.3) is 5.91 Å². The first kappa shape index (κ1) is 25.2. The van der Waals surface area contributed by atoms with Gasteiger partial charge in [0.05, 0.1) is 22.2 Å². The molecule has 160 valence electrons. The van der Waals surface area contributed by atoms with Crippen molar-refractivity contribution in [1.82, 2.24) is 13.5 Å². The molecule has 0 atom stereocenters. The zero-order valence-electron chi connectivity index (χ0n) is 16.3. The van der Waals surface area contributed by atoms with Gasteiger partial charge in [-0.3, -0.25) is 9.63 Å². The fraction of sp³-hybridized carbons (Fsp3) is 0.375. The Balaban J connectivity index is 2.55. The second-order valence-corrected chi connectivity index (χ2v) is 8.41. The second kappa shape index (κ2) is 12.0. The highest BCUT2D eigenvalue weighted by molar-refractivity contribution is 8.15. The van der Waals surface area contributed by atoms with Gasteiger partial charge in [0, 0.05) is 28.2 Å². The first-order valence-electron chi connectivity index (χ1n) is 7.87. The lowest BCUT2D eigenvalue weighted by Crippen LogP contribution is -2.30. The van der Waals surface area contributed by atoms with Gasteiger partial charge in [0.15, 0.2) is 0 Å². The van der Waals surface area contributed by atoms with Crippen molar-refractivity contribution >= 4 is 70.2 Å². The number of thioether (sulfide) groups is 1. The molecule has 0 saturated carbocycles. The van der Waals surface area contributed by atoms with Crippen LogP contribution in [0.5, 0.6) is 0 Å². The number of nitrogens with zero attached hydrogens (tertiary/aromatic N) is 4. The van der Waals surface area contributed by atoms with E-state index in [0.29, 0.717) is 15.6 Å². The van der Waals surface area contributed by atoms with Crippen LogP contribution in [-0.2, 0) is 21.0 Å². The summed E-state index contributed by atoms with van der Waals surface area (Å²) in [7, 11) is 5.89. The molecule has 0 fully saturated rings. The Bertz CT molecular complexity index is 795. The quantitative estimate of drug-likeness (QED) is 0.206. The number of carbonyl (C=O) groups is 3. The smallest absolute Gasteiger partial charge is 0.444 e. The van der Waals surface area contributed by atoms with E-state index in [2.05, 4.69) is 5.16 Å². The van der Waals surface area contributed by atoms with Crippen LogP contribution in [0.25, 0.3) is 0 Å². The summed E-state index contributed by atoms with van der Waals surface area (Å²) in [5.41, 5.74) is 0.656. The molecule has 0 unspecified atom stereocenters. The molecule has 3 amide bonds. The van der Waals surface area contributed by atoms with E-state index in [9.17, 15) is 14.4 Å². The van der Waals surface area contributed by atoms with Crippen LogP contribution in [0.4, 0.5) is 9.59 Å². The maximum atomic E-state index is 12.1. The monoisotopic (exact) mass is 482 g/mol. The zero-order valence-corrected chi connectivity index (χ0v) is 19.5. The summed E-state index contributed by atoms with van der Waals surface area (Å²) in [6, 6.07) is 4.86. The van der Waals surface area contributed by atoms with E-state index >= 15 is 0 Å². The number of benzene rings is 1. The summed E-state index contributed by atoms with van der Waals surface area (Å²) in [6.45, 7) is -0.0250. The molecule has 0 N–H and O–H groups in total. The predicted octanol–water partition coefficient (Wildman–Crippen LogP) is 3.96. The fourth-order valence-electron chi connectivity index (χ4n) is 1.61. The van der Waals surface area contributed by atoms with E-state index in [1.54, 1.807) is 38.6 Å². The number of carbonyl (C=O) groups excluding carboxylic acids is 3. The third kappa shape index (κ3) is 8.21. The maximum absolute atomic E-state index is 12.1. The maximum Gasteiger partial charge on any atom is 0.447 e. The van der Waals surface area contributed by atoms with E-state index in [-0.39, 0.29) is 11.7 Å². The van der Waals surface area contributed by atoms with Gasteiger partial charge in [-0.15, -0.1) is 11.8 Å². The van der Waals surface area contributed by atoms with Crippen molar-refractivity contribution in [2.45, 2.75) is 6.61 Å². The van der Waals surface area contributed by atoms with Gasteiger partial charge in [-0.05, 0) is 24.0 Å². The van der Waals surface area contributed by atoms with Crippen LogP contribution in [0.3, 0.4) is 0 Å². The highest BCUT2D eigenvalue weighted by atomic mass is 35.5. The fourth-order valence-corrected chi connectivity index (χ4v) is 2.99. The minimum absolute atomic E-state index is 0.0103. The lowest BCUT2D eigenvalue weighted by atomic mass is 10.2. The molecule has 0 saturated heterocycles. The van der Waals surface area contributed by atoms with Crippen LogP contribution in [-0.4, -0.2) is 71.1 Å². The molecular weight excluding hydrogens is 463 g/mol. The van der Waals surface area contributed by atoms with Gasteiger partial charge < -0.3 is 9.64 Å². The SMILES string of the molecule is CSC(=NOC(=O)N(C)SN(C)C(=O)OCc1ccc(Cl)c(Cl)c1)C(=O)N(C)C. The van der Waals surface area contributed by atoms with Crippen molar-refractivity contribution in [1.29, 1.82) is 0 Å². The number of amides is 3. The molecular formula is C16H20Cl2N4O5S2. The van der Waals surface area contributed by atoms with Crippen molar-refractivity contribution in [2.75, 3.05) is 34.4 Å². The van der Waals surface area contributed by atoms with Crippen molar-refractivity contribution < 1.29 is 24.0 Å². The Hall–Kier alpha value is -1.82. The summed E-state index contributed by atoms with van der Waals surface area (Å²) in [5.74, 6) is -0.399. The molecule has 0 aliphatic rings. The topological polar surface area (TPSA) is 91.7 Å². The van der Waals surface area contributed by atoms with Crippen LogP contribution in [0.2, 0.25) is 10.0 Å². The second-order valence-electron chi connectivity index (χ2n) is 5.54. The lowest BCUT2D eigenvalue weighted by Gasteiger charge is -2.20. The summed E-state index contributed by atoms with van der Waals surface area (Å²) >= 11 is 13.5. The van der Waals surface area contributed by atoms with E-state index in [0.717, 1.165) is 32.5 Å².